The molecule has 2 heterocycles. The number of allylic oxidation sites excluding steroid dienone is 1. The fourth-order valence-electron chi connectivity index (χ4n) is 6.47. The van der Waals surface area contributed by atoms with Crippen LogP contribution in [0.25, 0.3) is 0 Å². The summed E-state index contributed by atoms with van der Waals surface area (Å²) in [6.45, 7) is 11.8. The van der Waals surface area contributed by atoms with Crippen LogP contribution in [0.1, 0.15) is 67.2 Å². The largest absolute Gasteiger partial charge is 0.461 e. The summed E-state index contributed by atoms with van der Waals surface area (Å²) in [5.74, 6) is -1.21. The summed E-state index contributed by atoms with van der Waals surface area (Å²) in [4.78, 5) is 24.4. The number of carbonyl (C=O) groups is 2. The first-order valence-corrected chi connectivity index (χ1v) is 12.2. The van der Waals surface area contributed by atoms with Crippen molar-refractivity contribution in [3.63, 3.8) is 0 Å². The molecule has 1 N–H and O–H groups in total. The second-order valence-electron chi connectivity index (χ2n) is 10.8. The Balaban J connectivity index is 1.81. The van der Waals surface area contributed by atoms with Gasteiger partial charge in [-0.05, 0) is 39.2 Å². The highest BCUT2D eigenvalue weighted by Crippen LogP contribution is 2.63. The molecule has 2 aliphatic carbocycles. The third kappa shape index (κ3) is 3.86. The number of aliphatic hydroxyl groups excluding tert-OH is 1. The summed E-state index contributed by atoms with van der Waals surface area (Å²) in [5.41, 5.74) is -1.02. The fourth-order valence-corrected chi connectivity index (χ4v) is 6.47. The zero-order valence-corrected chi connectivity index (χ0v) is 20.6. The Bertz CT molecular complexity index is 865. The lowest BCUT2D eigenvalue weighted by Gasteiger charge is -2.51. The highest BCUT2D eigenvalue weighted by Gasteiger charge is 2.80. The number of rotatable bonds is 4. The maximum Gasteiger partial charge on any atom is 0.306 e. The summed E-state index contributed by atoms with van der Waals surface area (Å²) in [6, 6.07) is 0. The first-order valence-electron chi connectivity index (χ1n) is 12.2. The number of epoxide rings is 1. The van der Waals surface area contributed by atoms with Gasteiger partial charge in [0, 0.05) is 30.6 Å². The zero-order chi connectivity index (χ0) is 24.2. The van der Waals surface area contributed by atoms with Gasteiger partial charge in [0.15, 0.2) is 5.60 Å². The minimum Gasteiger partial charge on any atom is -0.461 e. The van der Waals surface area contributed by atoms with E-state index in [2.05, 4.69) is 6.08 Å². The van der Waals surface area contributed by atoms with Crippen molar-refractivity contribution in [3.05, 3.63) is 23.8 Å². The van der Waals surface area contributed by atoms with Gasteiger partial charge in [0.05, 0.1) is 12.7 Å². The molecule has 2 aliphatic heterocycles. The van der Waals surface area contributed by atoms with Gasteiger partial charge in [0.2, 0.25) is 0 Å². The fraction of sp³-hybridized carbons (Fsp3) is 0.769. The van der Waals surface area contributed by atoms with Crippen LogP contribution in [0.3, 0.4) is 0 Å². The maximum absolute atomic E-state index is 12.6. The molecule has 1 spiro atoms. The van der Waals surface area contributed by atoms with Crippen LogP contribution < -0.4 is 0 Å². The zero-order valence-electron chi connectivity index (χ0n) is 20.6. The Labute approximate surface area is 196 Å². The molecule has 0 aromatic rings. The minimum absolute atomic E-state index is 0.222. The van der Waals surface area contributed by atoms with Gasteiger partial charge in [0.1, 0.15) is 23.9 Å². The van der Waals surface area contributed by atoms with E-state index in [9.17, 15) is 14.7 Å². The number of hydrogen-bond donors (Lipinski definition) is 1. The van der Waals surface area contributed by atoms with Crippen LogP contribution >= 0.6 is 0 Å². The van der Waals surface area contributed by atoms with Crippen molar-refractivity contribution < 1.29 is 33.6 Å². The van der Waals surface area contributed by atoms with Gasteiger partial charge in [-0.3, -0.25) is 9.59 Å². The number of fused-ring (bicyclic) bond motifs is 1. The SMILES string of the molecule is CCCC(=O)O[C@H]1CC/C(C)=C\[C@@H]2OC[C@]3(C)O[C@]23[C@@H](O)[C@H]2[C@@H](C)[C@H](OC(C)=O)C=C[C@@]21C. The molecule has 0 amide bonds. The van der Waals surface area contributed by atoms with Crippen molar-refractivity contribution in [2.75, 3.05) is 6.61 Å². The summed E-state index contributed by atoms with van der Waals surface area (Å²) in [5, 5.41) is 12.0. The van der Waals surface area contributed by atoms with Crippen LogP contribution in [0.2, 0.25) is 0 Å². The summed E-state index contributed by atoms with van der Waals surface area (Å²) in [6.07, 6.45) is 6.18. The molecule has 0 saturated carbocycles. The van der Waals surface area contributed by atoms with E-state index in [1.807, 2.05) is 46.8 Å². The van der Waals surface area contributed by atoms with Gasteiger partial charge in [-0.25, -0.2) is 0 Å². The van der Waals surface area contributed by atoms with Crippen LogP contribution in [0, 0.1) is 17.3 Å². The Morgan fingerprint density at radius 1 is 1.27 bits per heavy atom. The highest BCUT2D eigenvalue weighted by molar-refractivity contribution is 5.69. The van der Waals surface area contributed by atoms with Gasteiger partial charge < -0.3 is 24.1 Å². The normalized spacial score (nSPS) is 47.9. The Kier molecular flexibility index (Phi) is 6.30. The topological polar surface area (TPSA) is 94.6 Å². The molecule has 7 heteroatoms. The monoisotopic (exact) mass is 462 g/mol. The van der Waals surface area contributed by atoms with Crippen molar-refractivity contribution in [1.29, 1.82) is 0 Å². The predicted molar refractivity (Wildman–Crippen MR) is 121 cm³/mol. The number of ether oxygens (including phenoxy) is 4. The number of esters is 2. The van der Waals surface area contributed by atoms with Gasteiger partial charge in [-0.1, -0.05) is 38.5 Å². The van der Waals surface area contributed by atoms with E-state index >= 15 is 0 Å². The summed E-state index contributed by atoms with van der Waals surface area (Å²) in [7, 11) is 0. The summed E-state index contributed by atoms with van der Waals surface area (Å²) < 4.78 is 24.0. The first kappa shape index (κ1) is 24.4. The van der Waals surface area contributed by atoms with Crippen LogP contribution in [0.4, 0.5) is 0 Å². The maximum atomic E-state index is 12.6. The van der Waals surface area contributed by atoms with E-state index in [1.165, 1.54) is 6.92 Å². The Morgan fingerprint density at radius 2 is 2.00 bits per heavy atom. The third-order valence-corrected chi connectivity index (χ3v) is 8.33. The molecule has 2 fully saturated rings. The lowest BCUT2D eigenvalue weighted by atomic mass is 9.57. The Morgan fingerprint density at radius 3 is 2.64 bits per heavy atom. The average Bonchev–Trinajstić information content (AvgIpc) is 3.27. The average molecular weight is 463 g/mol. The smallest absolute Gasteiger partial charge is 0.306 e. The number of carbonyl (C=O) groups excluding carboxylic acids is 2. The van der Waals surface area contributed by atoms with Crippen LogP contribution in [0.5, 0.6) is 0 Å². The van der Waals surface area contributed by atoms with E-state index < -0.39 is 34.9 Å². The molecule has 4 aliphatic rings. The minimum atomic E-state index is -0.910. The molecule has 7 nitrogen and oxygen atoms in total. The van der Waals surface area contributed by atoms with Gasteiger partial charge in [0.25, 0.3) is 0 Å². The molecule has 0 radical (unpaired) electrons. The van der Waals surface area contributed by atoms with Crippen LogP contribution in [0.15, 0.2) is 23.8 Å². The molecule has 184 valence electrons. The van der Waals surface area contributed by atoms with E-state index in [0.29, 0.717) is 25.9 Å². The van der Waals surface area contributed by atoms with E-state index in [-0.39, 0.29) is 29.9 Å². The number of hydrogen-bond acceptors (Lipinski definition) is 7. The molecule has 2 saturated heterocycles. The second-order valence-corrected chi connectivity index (χ2v) is 10.8. The van der Waals surface area contributed by atoms with Crippen molar-refractivity contribution in [2.45, 2.75) is 103 Å². The van der Waals surface area contributed by atoms with Gasteiger partial charge in [-0.2, -0.15) is 0 Å². The Hall–Kier alpha value is -1.70. The second kappa shape index (κ2) is 8.51. The molecular formula is C26H38O7. The third-order valence-electron chi connectivity index (χ3n) is 8.33. The van der Waals surface area contributed by atoms with E-state index in [4.69, 9.17) is 18.9 Å². The molecule has 9 atom stereocenters. The van der Waals surface area contributed by atoms with Crippen molar-refractivity contribution in [2.24, 2.45) is 17.3 Å². The predicted octanol–water partition coefficient (Wildman–Crippen LogP) is 3.49. The molecule has 33 heavy (non-hydrogen) atoms. The van der Waals surface area contributed by atoms with E-state index in [0.717, 1.165) is 12.0 Å². The quantitative estimate of drug-likeness (QED) is 0.388. The standard InChI is InChI=1S/C26H38O7/c1-7-8-21(28)32-19-10-9-15(2)13-20-26(25(6,33-26)14-30-20)23(29)22-16(3)18(31-17(4)27)11-12-24(19,22)5/h11-13,16,18-20,22-23,29H,7-10,14H2,1-6H3/b15-13-/t16-,18+,19-,20-,22+,23-,24+,25-,26-/m0/s1. The molecule has 0 unspecified atom stereocenters. The lowest BCUT2D eigenvalue weighted by molar-refractivity contribution is -0.171. The van der Waals surface area contributed by atoms with E-state index in [1.54, 1.807) is 0 Å². The van der Waals surface area contributed by atoms with Gasteiger partial charge in [-0.15, -0.1) is 0 Å². The first-order chi connectivity index (χ1) is 15.5. The lowest BCUT2D eigenvalue weighted by Crippen LogP contribution is -2.59. The van der Waals surface area contributed by atoms with Crippen LogP contribution in [-0.4, -0.2) is 59.3 Å². The van der Waals surface area contributed by atoms with Gasteiger partial charge >= 0.3 is 11.9 Å². The highest BCUT2D eigenvalue weighted by atomic mass is 16.7. The van der Waals surface area contributed by atoms with Crippen molar-refractivity contribution in [1.82, 2.24) is 0 Å². The summed E-state index contributed by atoms with van der Waals surface area (Å²) >= 11 is 0. The molecule has 0 aromatic heterocycles. The van der Waals surface area contributed by atoms with Crippen molar-refractivity contribution in [3.8, 4) is 0 Å². The van der Waals surface area contributed by atoms with Crippen LogP contribution in [-0.2, 0) is 28.5 Å². The number of aliphatic hydroxyl groups is 1. The van der Waals surface area contributed by atoms with Crippen molar-refractivity contribution >= 4 is 11.9 Å². The molecular weight excluding hydrogens is 424 g/mol. The molecule has 0 bridgehead atoms. The molecule has 0 aromatic carbocycles. The molecule has 4 rings (SSSR count).